The van der Waals surface area contributed by atoms with E-state index in [2.05, 4.69) is 11.4 Å². The van der Waals surface area contributed by atoms with Gasteiger partial charge in [0.2, 0.25) is 0 Å². The fourth-order valence-corrected chi connectivity index (χ4v) is 4.97. The Hall–Kier alpha value is -1.47. The molecule has 2 aromatic rings. The van der Waals surface area contributed by atoms with Crippen molar-refractivity contribution in [3.63, 3.8) is 0 Å². The number of hydrogen-bond acceptors (Lipinski definition) is 3. The number of thiophene rings is 1. The fraction of sp³-hybridized carbons (Fsp3) is 0.421. The number of hydrogen-bond donors (Lipinski definition) is 1. The van der Waals surface area contributed by atoms with Crippen molar-refractivity contribution < 1.29 is 18.0 Å². The van der Waals surface area contributed by atoms with E-state index in [0.29, 0.717) is 18.4 Å². The summed E-state index contributed by atoms with van der Waals surface area (Å²) in [4.78, 5) is 14.8. The van der Waals surface area contributed by atoms with Gasteiger partial charge in [-0.3, -0.25) is 4.79 Å². The fourth-order valence-electron chi connectivity index (χ4n) is 3.15. The topological polar surface area (TPSA) is 29.1 Å². The van der Waals surface area contributed by atoms with Crippen molar-refractivity contribution >= 4 is 29.0 Å². The van der Waals surface area contributed by atoms with E-state index in [-0.39, 0.29) is 24.8 Å². The predicted octanol–water partition coefficient (Wildman–Crippen LogP) is 5.89. The Morgan fingerprint density at radius 2 is 1.85 bits per heavy atom. The van der Waals surface area contributed by atoms with E-state index in [9.17, 15) is 18.0 Å². The van der Waals surface area contributed by atoms with Crippen molar-refractivity contribution in [2.75, 3.05) is 0 Å². The van der Waals surface area contributed by atoms with Gasteiger partial charge in [-0.25, -0.2) is 0 Å². The number of alkyl halides is 3. The van der Waals surface area contributed by atoms with Crippen LogP contribution in [-0.2, 0) is 5.75 Å². The lowest BCUT2D eigenvalue weighted by molar-refractivity contribution is -0.182. The third-order valence-corrected chi connectivity index (χ3v) is 6.79. The van der Waals surface area contributed by atoms with E-state index in [1.807, 2.05) is 29.6 Å². The molecule has 0 bridgehead atoms. The molecule has 1 aliphatic carbocycles. The first-order chi connectivity index (χ1) is 12.4. The normalized spacial score (nSPS) is 20.7. The summed E-state index contributed by atoms with van der Waals surface area (Å²) in [6.45, 7) is 0. The second-order valence-corrected chi connectivity index (χ2v) is 8.48. The number of halogens is 3. The molecule has 0 unspecified atom stereocenters. The summed E-state index contributed by atoms with van der Waals surface area (Å²) in [5.74, 6) is -0.641. The van der Waals surface area contributed by atoms with Crippen LogP contribution >= 0.6 is 23.1 Å². The van der Waals surface area contributed by atoms with Crippen molar-refractivity contribution in [2.45, 2.75) is 48.5 Å². The summed E-state index contributed by atoms with van der Waals surface area (Å²) in [5.41, 5.74) is 0.590. The average Bonchev–Trinajstić information content (AvgIpc) is 3.13. The Balaban J connectivity index is 1.58. The zero-order valence-electron chi connectivity index (χ0n) is 14.1. The molecule has 0 atom stereocenters. The molecule has 1 N–H and O–H groups in total. The lowest BCUT2D eigenvalue weighted by atomic mass is 9.85. The second kappa shape index (κ2) is 8.48. The summed E-state index contributed by atoms with van der Waals surface area (Å²) in [7, 11) is 0. The molecular weight excluding hydrogens is 379 g/mol. The number of benzene rings is 1. The van der Waals surface area contributed by atoms with Crippen LogP contribution in [0.15, 0.2) is 46.7 Å². The smallest absolute Gasteiger partial charge is 0.349 e. The van der Waals surface area contributed by atoms with Gasteiger partial charge in [0, 0.05) is 21.6 Å². The van der Waals surface area contributed by atoms with E-state index >= 15 is 0 Å². The molecule has 0 radical (unpaired) electrons. The zero-order chi connectivity index (χ0) is 18.6. The molecule has 2 nitrogen and oxygen atoms in total. The van der Waals surface area contributed by atoms with E-state index in [1.165, 1.54) is 4.88 Å². The Kier molecular flexibility index (Phi) is 6.29. The first-order valence-electron chi connectivity index (χ1n) is 8.55. The van der Waals surface area contributed by atoms with Crippen LogP contribution in [0.3, 0.4) is 0 Å². The van der Waals surface area contributed by atoms with Crippen LogP contribution in [0.2, 0.25) is 0 Å². The van der Waals surface area contributed by atoms with Gasteiger partial charge in [0.25, 0.3) is 5.91 Å². The summed E-state index contributed by atoms with van der Waals surface area (Å²) in [5, 5.41) is 4.94. The van der Waals surface area contributed by atoms with Crippen molar-refractivity contribution in [3.05, 3.63) is 52.2 Å². The van der Waals surface area contributed by atoms with Gasteiger partial charge in [0.1, 0.15) is 0 Å². The van der Waals surface area contributed by atoms with E-state index in [0.717, 1.165) is 10.6 Å². The molecule has 1 aliphatic rings. The molecule has 0 spiro atoms. The van der Waals surface area contributed by atoms with Gasteiger partial charge in [0.15, 0.2) is 0 Å². The number of thioether (sulfide) groups is 1. The molecule has 1 aromatic carbocycles. The van der Waals surface area contributed by atoms with E-state index < -0.39 is 12.1 Å². The minimum atomic E-state index is -4.12. The van der Waals surface area contributed by atoms with Crippen LogP contribution in [0.1, 0.15) is 40.9 Å². The van der Waals surface area contributed by atoms with Crippen LogP contribution in [0.5, 0.6) is 0 Å². The van der Waals surface area contributed by atoms with Gasteiger partial charge < -0.3 is 5.32 Å². The molecule has 1 saturated carbocycles. The maximum Gasteiger partial charge on any atom is 0.391 e. The molecule has 3 rings (SSSR count). The zero-order valence-corrected chi connectivity index (χ0v) is 15.7. The molecule has 0 aliphatic heterocycles. The largest absolute Gasteiger partial charge is 0.391 e. The molecule has 1 amide bonds. The van der Waals surface area contributed by atoms with Crippen LogP contribution < -0.4 is 5.32 Å². The second-order valence-electron chi connectivity index (χ2n) is 6.43. The van der Waals surface area contributed by atoms with Crippen LogP contribution in [0.25, 0.3) is 0 Å². The van der Waals surface area contributed by atoms with Crippen LogP contribution in [0, 0.1) is 5.92 Å². The Labute approximate surface area is 159 Å². The highest BCUT2D eigenvalue weighted by Crippen LogP contribution is 2.37. The van der Waals surface area contributed by atoms with Gasteiger partial charge >= 0.3 is 6.18 Å². The first kappa shape index (κ1) is 19.3. The van der Waals surface area contributed by atoms with Crippen LogP contribution in [0.4, 0.5) is 13.2 Å². The van der Waals surface area contributed by atoms with Crippen LogP contribution in [-0.4, -0.2) is 18.1 Å². The summed E-state index contributed by atoms with van der Waals surface area (Å²) in [6.07, 6.45) is -3.20. The molecule has 26 heavy (non-hydrogen) atoms. The highest BCUT2D eigenvalue weighted by atomic mass is 32.2. The Morgan fingerprint density at radius 1 is 1.12 bits per heavy atom. The number of amides is 1. The molecule has 7 heteroatoms. The highest BCUT2D eigenvalue weighted by Gasteiger charge is 2.41. The number of rotatable bonds is 5. The molecule has 140 valence electrons. The van der Waals surface area contributed by atoms with Gasteiger partial charge in [0.05, 0.1) is 11.5 Å². The van der Waals surface area contributed by atoms with Crippen molar-refractivity contribution in [1.82, 2.24) is 5.32 Å². The summed E-state index contributed by atoms with van der Waals surface area (Å²) < 4.78 is 38.3. The first-order valence-corrected chi connectivity index (χ1v) is 10.4. The SMILES string of the molecule is O=C(NC1CCC(C(F)(F)F)CC1)c1ccccc1SCc1cccs1. The summed E-state index contributed by atoms with van der Waals surface area (Å²) >= 11 is 3.27. The van der Waals surface area contributed by atoms with Gasteiger partial charge in [-0.2, -0.15) is 13.2 Å². The van der Waals surface area contributed by atoms with Crippen molar-refractivity contribution in [3.8, 4) is 0 Å². The summed E-state index contributed by atoms with van der Waals surface area (Å²) in [6, 6.07) is 11.3. The Morgan fingerprint density at radius 3 is 2.50 bits per heavy atom. The van der Waals surface area contributed by atoms with Crippen molar-refractivity contribution in [1.29, 1.82) is 0 Å². The highest BCUT2D eigenvalue weighted by molar-refractivity contribution is 7.98. The van der Waals surface area contributed by atoms with Gasteiger partial charge in [-0.05, 0) is 49.3 Å². The molecule has 0 saturated heterocycles. The van der Waals surface area contributed by atoms with Gasteiger partial charge in [-0.1, -0.05) is 18.2 Å². The minimum absolute atomic E-state index is 0.0865. The number of carbonyl (C=O) groups is 1. The lowest BCUT2D eigenvalue weighted by Gasteiger charge is -2.30. The molecule has 1 heterocycles. The maximum atomic E-state index is 12.8. The molecule has 1 fully saturated rings. The standard InChI is InChI=1S/C19H20F3NOS2/c20-19(21,22)13-7-9-14(10-8-13)23-18(24)16-5-1-2-6-17(16)26-12-15-4-3-11-25-15/h1-6,11,13-14H,7-10,12H2,(H,23,24). The monoisotopic (exact) mass is 399 g/mol. The Bertz CT molecular complexity index is 723. The maximum absolute atomic E-state index is 12.8. The number of nitrogens with one attached hydrogen (secondary N) is 1. The third kappa shape index (κ3) is 5.04. The molecule has 1 aromatic heterocycles. The number of carbonyl (C=O) groups excluding carboxylic acids is 1. The predicted molar refractivity (Wildman–Crippen MR) is 99.6 cm³/mol. The van der Waals surface area contributed by atoms with Gasteiger partial charge in [-0.15, -0.1) is 23.1 Å². The van der Waals surface area contributed by atoms with Crippen molar-refractivity contribution in [2.24, 2.45) is 5.92 Å². The third-order valence-electron chi connectivity index (χ3n) is 4.61. The quantitative estimate of drug-likeness (QED) is 0.635. The van der Waals surface area contributed by atoms with E-state index in [4.69, 9.17) is 0 Å². The molecular formula is C19H20F3NOS2. The van der Waals surface area contributed by atoms with E-state index in [1.54, 1.807) is 29.2 Å². The average molecular weight is 400 g/mol. The lowest BCUT2D eigenvalue weighted by Crippen LogP contribution is -2.40. The minimum Gasteiger partial charge on any atom is -0.349 e.